The molecule has 0 bridgehead atoms. The number of hydrogen-bond acceptors (Lipinski definition) is 2. The van der Waals surface area contributed by atoms with Crippen LogP contribution < -0.4 is 5.32 Å². The van der Waals surface area contributed by atoms with E-state index in [2.05, 4.69) is 5.32 Å². The molecule has 4 nitrogen and oxygen atoms in total. The predicted octanol–water partition coefficient (Wildman–Crippen LogP) is 3.21. The van der Waals surface area contributed by atoms with Gasteiger partial charge in [0.2, 0.25) is 5.91 Å². The predicted molar refractivity (Wildman–Crippen MR) is 80.7 cm³/mol. The smallest absolute Gasteiger partial charge is 0.333 e. The van der Waals surface area contributed by atoms with Crippen molar-refractivity contribution in [2.24, 2.45) is 5.92 Å². The second kappa shape index (κ2) is 6.90. The molecule has 0 aromatic heterocycles. The van der Waals surface area contributed by atoms with Crippen molar-refractivity contribution in [2.75, 3.05) is 0 Å². The van der Waals surface area contributed by atoms with Crippen LogP contribution in [0.3, 0.4) is 0 Å². The summed E-state index contributed by atoms with van der Waals surface area (Å²) in [5, 5.41) is 12.2. The average molecular weight is 307 g/mol. The quantitative estimate of drug-likeness (QED) is 0.839. The van der Waals surface area contributed by atoms with E-state index in [1.807, 2.05) is 0 Å². The minimum Gasteiger partial charge on any atom is -0.479 e. The van der Waals surface area contributed by atoms with Gasteiger partial charge >= 0.3 is 5.97 Å². The highest BCUT2D eigenvalue weighted by Gasteiger charge is 2.38. The molecule has 1 aliphatic rings. The molecule has 0 spiro atoms. The zero-order valence-corrected chi connectivity index (χ0v) is 12.8. The number of carboxylic acid groups (broad SMARTS) is 1. The first-order valence-electron chi connectivity index (χ1n) is 7.75. The summed E-state index contributed by atoms with van der Waals surface area (Å²) in [6.45, 7) is 1.44. The second-order valence-corrected chi connectivity index (χ2v) is 6.11. The van der Waals surface area contributed by atoms with Crippen molar-refractivity contribution in [3.8, 4) is 0 Å². The van der Waals surface area contributed by atoms with Gasteiger partial charge < -0.3 is 10.4 Å². The number of halogens is 1. The monoisotopic (exact) mass is 307 g/mol. The molecule has 0 radical (unpaired) electrons. The normalized spacial score (nSPS) is 19.0. The summed E-state index contributed by atoms with van der Waals surface area (Å²) >= 11 is 0. The molecule has 2 rings (SSSR count). The van der Waals surface area contributed by atoms with E-state index in [1.165, 1.54) is 31.2 Å². The van der Waals surface area contributed by atoms with Gasteiger partial charge in [0.15, 0.2) is 5.54 Å². The largest absolute Gasteiger partial charge is 0.479 e. The molecular formula is C17H22FNO3. The van der Waals surface area contributed by atoms with Gasteiger partial charge in [-0.1, -0.05) is 37.8 Å². The van der Waals surface area contributed by atoms with Crippen molar-refractivity contribution in [1.29, 1.82) is 0 Å². The highest BCUT2D eigenvalue weighted by Crippen LogP contribution is 2.26. The second-order valence-electron chi connectivity index (χ2n) is 6.11. The third kappa shape index (κ3) is 3.64. The maximum Gasteiger partial charge on any atom is 0.333 e. The third-order valence-electron chi connectivity index (χ3n) is 4.45. The van der Waals surface area contributed by atoms with Crippen molar-refractivity contribution in [1.82, 2.24) is 5.32 Å². The lowest BCUT2D eigenvalue weighted by atomic mass is 9.90. The van der Waals surface area contributed by atoms with Gasteiger partial charge in [-0.15, -0.1) is 0 Å². The van der Waals surface area contributed by atoms with Gasteiger partial charge in [0.1, 0.15) is 5.82 Å². The number of benzene rings is 1. The van der Waals surface area contributed by atoms with Crippen LogP contribution in [-0.4, -0.2) is 17.0 Å². The van der Waals surface area contributed by atoms with Crippen LogP contribution in [0.1, 0.15) is 51.0 Å². The summed E-state index contributed by atoms with van der Waals surface area (Å²) in [5.41, 5.74) is -1.18. The lowest BCUT2D eigenvalue weighted by Gasteiger charge is -2.29. The Hall–Kier alpha value is -1.91. The summed E-state index contributed by atoms with van der Waals surface area (Å²) in [6.07, 6.45) is 5.84. The molecule has 22 heavy (non-hydrogen) atoms. The van der Waals surface area contributed by atoms with Crippen molar-refractivity contribution in [3.63, 3.8) is 0 Å². The summed E-state index contributed by atoms with van der Waals surface area (Å²) in [4.78, 5) is 24.1. The Morgan fingerprint density at radius 3 is 2.18 bits per heavy atom. The van der Waals surface area contributed by atoms with Gasteiger partial charge in [0, 0.05) is 5.92 Å². The van der Waals surface area contributed by atoms with Crippen LogP contribution in [0.25, 0.3) is 0 Å². The number of carbonyl (C=O) groups excluding carboxylic acids is 1. The Kier molecular flexibility index (Phi) is 5.16. The first-order valence-corrected chi connectivity index (χ1v) is 7.75. The van der Waals surface area contributed by atoms with E-state index in [9.17, 15) is 19.1 Å². The number of amides is 1. The highest BCUT2D eigenvalue weighted by molar-refractivity contribution is 5.88. The minimum atomic E-state index is -1.54. The summed E-state index contributed by atoms with van der Waals surface area (Å²) in [5.74, 6) is -1.95. The van der Waals surface area contributed by atoms with E-state index in [0.29, 0.717) is 5.56 Å². The Balaban J connectivity index is 2.18. The SMILES string of the molecule is CC(NC(=O)C1CCCCCC1)(C(=O)O)c1ccc(F)cc1. The van der Waals surface area contributed by atoms with Gasteiger partial charge in [0.05, 0.1) is 0 Å². The van der Waals surface area contributed by atoms with Gasteiger partial charge in [0.25, 0.3) is 0 Å². The Morgan fingerprint density at radius 2 is 1.68 bits per heavy atom. The fourth-order valence-corrected chi connectivity index (χ4v) is 2.92. The Labute approximate surface area is 129 Å². The molecule has 1 aromatic carbocycles. The summed E-state index contributed by atoms with van der Waals surface area (Å²) < 4.78 is 13.0. The molecule has 1 unspecified atom stereocenters. The van der Waals surface area contributed by atoms with Crippen molar-refractivity contribution in [3.05, 3.63) is 35.6 Å². The molecule has 120 valence electrons. The Morgan fingerprint density at radius 1 is 1.14 bits per heavy atom. The number of nitrogens with one attached hydrogen (secondary N) is 1. The van der Waals surface area contributed by atoms with Crippen LogP contribution in [0.15, 0.2) is 24.3 Å². The maximum atomic E-state index is 13.0. The van der Waals surface area contributed by atoms with E-state index in [4.69, 9.17) is 0 Å². The van der Waals surface area contributed by atoms with Crippen LogP contribution in [0.4, 0.5) is 4.39 Å². The number of hydrogen-bond donors (Lipinski definition) is 2. The van der Waals surface area contributed by atoms with Gasteiger partial charge in [-0.2, -0.15) is 0 Å². The zero-order chi connectivity index (χ0) is 16.2. The number of carbonyl (C=O) groups is 2. The van der Waals surface area contributed by atoms with Gasteiger partial charge in [-0.3, -0.25) is 4.79 Å². The maximum absolute atomic E-state index is 13.0. The molecule has 5 heteroatoms. The molecule has 1 aliphatic carbocycles. The van der Waals surface area contributed by atoms with Crippen LogP contribution in [0, 0.1) is 11.7 Å². The molecule has 0 heterocycles. The van der Waals surface area contributed by atoms with Crippen molar-refractivity contribution < 1.29 is 19.1 Å². The number of carboxylic acids is 1. The Bertz CT molecular complexity index is 535. The molecule has 0 aliphatic heterocycles. The molecule has 1 fully saturated rings. The fourth-order valence-electron chi connectivity index (χ4n) is 2.92. The minimum absolute atomic E-state index is 0.137. The molecule has 2 N–H and O–H groups in total. The van der Waals surface area contributed by atoms with Crippen molar-refractivity contribution in [2.45, 2.75) is 51.0 Å². The number of rotatable bonds is 4. The van der Waals surface area contributed by atoms with Crippen LogP contribution in [-0.2, 0) is 15.1 Å². The molecule has 1 atom stereocenters. The van der Waals surface area contributed by atoms with E-state index < -0.39 is 17.3 Å². The average Bonchev–Trinajstić information content (AvgIpc) is 2.76. The molecule has 1 aromatic rings. The van der Waals surface area contributed by atoms with Gasteiger partial charge in [-0.05, 0) is 37.5 Å². The van der Waals surface area contributed by atoms with Crippen LogP contribution >= 0.6 is 0 Å². The topological polar surface area (TPSA) is 66.4 Å². The number of aliphatic carboxylic acids is 1. The molecule has 0 saturated heterocycles. The van der Waals surface area contributed by atoms with E-state index in [1.54, 1.807) is 0 Å². The molecule has 1 amide bonds. The van der Waals surface area contributed by atoms with Gasteiger partial charge in [-0.25, -0.2) is 9.18 Å². The van der Waals surface area contributed by atoms with E-state index in [0.717, 1.165) is 38.5 Å². The summed E-state index contributed by atoms with van der Waals surface area (Å²) in [6, 6.07) is 5.20. The van der Waals surface area contributed by atoms with Crippen molar-refractivity contribution >= 4 is 11.9 Å². The fraction of sp³-hybridized carbons (Fsp3) is 0.529. The third-order valence-corrected chi connectivity index (χ3v) is 4.45. The van der Waals surface area contributed by atoms with Crippen LogP contribution in [0.2, 0.25) is 0 Å². The molecule has 1 saturated carbocycles. The van der Waals surface area contributed by atoms with Crippen LogP contribution in [0.5, 0.6) is 0 Å². The lowest BCUT2D eigenvalue weighted by Crippen LogP contribution is -2.51. The van der Waals surface area contributed by atoms with E-state index >= 15 is 0 Å². The molecular weight excluding hydrogens is 285 g/mol. The van der Waals surface area contributed by atoms with E-state index in [-0.39, 0.29) is 11.8 Å². The zero-order valence-electron chi connectivity index (χ0n) is 12.8. The standard InChI is InChI=1S/C17H22FNO3/c1-17(16(21)22,13-8-10-14(18)11-9-13)19-15(20)12-6-4-2-3-5-7-12/h8-12H,2-7H2,1H3,(H,19,20)(H,21,22). The lowest BCUT2D eigenvalue weighted by molar-refractivity contribution is -0.148. The first-order chi connectivity index (χ1) is 10.4. The first kappa shape index (κ1) is 16.5. The summed E-state index contributed by atoms with van der Waals surface area (Å²) in [7, 11) is 0. The highest BCUT2D eigenvalue weighted by atomic mass is 19.1.